The lowest BCUT2D eigenvalue weighted by molar-refractivity contribution is 0.102. The number of fused-ring (bicyclic) bond motifs is 1. The van der Waals surface area contributed by atoms with E-state index in [0.717, 1.165) is 11.5 Å². The number of amides is 1. The van der Waals surface area contributed by atoms with Gasteiger partial charge in [0.05, 0.1) is 5.52 Å². The lowest BCUT2D eigenvalue weighted by Gasteiger charge is -2.08. The van der Waals surface area contributed by atoms with E-state index in [1.165, 1.54) is 12.1 Å². The van der Waals surface area contributed by atoms with Gasteiger partial charge in [-0.25, -0.2) is 4.39 Å². The molecular formula is C16H11FN2O2. The fourth-order valence-corrected chi connectivity index (χ4v) is 2.08. The Morgan fingerprint density at radius 2 is 2.00 bits per heavy atom. The van der Waals surface area contributed by atoms with Crippen LogP contribution < -0.4 is 5.32 Å². The first-order valence-corrected chi connectivity index (χ1v) is 6.29. The minimum absolute atomic E-state index is 0.274. The van der Waals surface area contributed by atoms with Gasteiger partial charge in [0, 0.05) is 28.9 Å². The van der Waals surface area contributed by atoms with Crippen LogP contribution >= 0.6 is 0 Å². The molecule has 0 radical (unpaired) electrons. The minimum Gasteiger partial charge on any atom is -0.505 e. The summed E-state index contributed by atoms with van der Waals surface area (Å²) in [6.07, 6.45) is 1.65. The first-order valence-electron chi connectivity index (χ1n) is 6.29. The number of aromatic nitrogens is 1. The Balaban J connectivity index is 1.95. The maximum Gasteiger partial charge on any atom is 0.256 e. The number of nitrogens with zero attached hydrogens (tertiary/aromatic N) is 1. The highest BCUT2D eigenvalue weighted by atomic mass is 19.1. The van der Waals surface area contributed by atoms with Crippen molar-refractivity contribution >= 4 is 22.5 Å². The van der Waals surface area contributed by atoms with E-state index in [2.05, 4.69) is 10.3 Å². The summed E-state index contributed by atoms with van der Waals surface area (Å²) in [5, 5.41) is 12.5. The molecular weight excluding hydrogens is 271 g/mol. The molecule has 0 aliphatic carbocycles. The molecule has 1 aromatic heterocycles. The number of phenolic OH excluding ortho intramolecular Hbond substituents is 1. The van der Waals surface area contributed by atoms with Crippen LogP contribution in [-0.2, 0) is 0 Å². The van der Waals surface area contributed by atoms with E-state index in [-0.39, 0.29) is 11.6 Å². The van der Waals surface area contributed by atoms with Crippen LogP contribution in [-0.4, -0.2) is 16.0 Å². The monoisotopic (exact) mass is 282 g/mol. The van der Waals surface area contributed by atoms with E-state index >= 15 is 0 Å². The number of hydrogen-bond donors (Lipinski definition) is 2. The van der Waals surface area contributed by atoms with Crippen LogP contribution in [0.3, 0.4) is 0 Å². The number of hydrogen-bond acceptors (Lipinski definition) is 3. The van der Waals surface area contributed by atoms with Crippen LogP contribution in [0.1, 0.15) is 10.4 Å². The Hall–Kier alpha value is -2.95. The molecule has 104 valence electrons. The van der Waals surface area contributed by atoms with Crippen molar-refractivity contribution in [3.8, 4) is 5.75 Å². The molecule has 0 aliphatic heterocycles. The van der Waals surface area contributed by atoms with E-state index in [0.29, 0.717) is 11.1 Å². The Labute approximate surface area is 119 Å². The molecule has 1 heterocycles. The van der Waals surface area contributed by atoms with E-state index in [1.807, 2.05) is 6.07 Å². The summed E-state index contributed by atoms with van der Waals surface area (Å²) in [5.41, 5.74) is 1.44. The van der Waals surface area contributed by atoms with Gasteiger partial charge in [-0.3, -0.25) is 9.78 Å². The summed E-state index contributed by atoms with van der Waals surface area (Å²) < 4.78 is 13.3. The molecule has 0 unspecified atom stereocenters. The lowest BCUT2D eigenvalue weighted by atomic mass is 10.1. The molecule has 2 aromatic carbocycles. The first-order chi connectivity index (χ1) is 10.1. The van der Waals surface area contributed by atoms with Gasteiger partial charge >= 0.3 is 0 Å². The van der Waals surface area contributed by atoms with E-state index in [1.54, 1.807) is 30.5 Å². The van der Waals surface area contributed by atoms with Crippen molar-refractivity contribution in [1.29, 1.82) is 0 Å². The van der Waals surface area contributed by atoms with Crippen LogP contribution in [0.15, 0.2) is 54.7 Å². The van der Waals surface area contributed by atoms with Crippen molar-refractivity contribution in [2.45, 2.75) is 0 Å². The highest BCUT2D eigenvalue weighted by Gasteiger charge is 2.11. The molecule has 5 heteroatoms. The summed E-state index contributed by atoms with van der Waals surface area (Å²) in [6.45, 7) is 0. The number of anilines is 1. The summed E-state index contributed by atoms with van der Waals surface area (Å²) >= 11 is 0. The fourth-order valence-electron chi connectivity index (χ4n) is 2.08. The summed E-state index contributed by atoms with van der Waals surface area (Å²) in [5.74, 6) is -1.60. The number of pyridine rings is 1. The third-order valence-electron chi connectivity index (χ3n) is 3.10. The van der Waals surface area contributed by atoms with Crippen LogP contribution in [0, 0.1) is 5.82 Å². The summed E-state index contributed by atoms with van der Waals surface area (Å²) in [6, 6.07) is 12.5. The average molecular weight is 282 g/mol. The zero-order valence-corrected chi connectivity index (χ0v) is 10.9. The second-order valence-corrected chi connectivity index (χ2v) is 4.50. The van der Waals surface area contributed by atoms with Gasteiger partial charge in [0.25, 0.3) is 5.91 Å². The van der Waals surface area contributed by atoms with Gasteiger partial charge in [-0.15, -0.1) is 0 Å². The number of carbonyl (C=O) groups is 1. The Morgan fingerprint density at radius 1 is 1.14 bits per heavy atom. The van der Waals surface area contributed by atoms with Gasteiger partial charge in [0.15, 0.2) is 11.6 Å². The standard InChI is InChI=1S/C16H11FN2O2/c17-13-9-10(6-7-15(13)20)19-16(21)12-3-1-5-14-11(12)4-2-8-18-14/h1-9,20H,(H,19,21). The average Bonchev–Trinajstić information content (AvgIpc) is 2.50. The minimum atomic E-state index is -0.785. The van der Waals surface area contributed by atoms with Crippen LogP contribution in [0.25, 0.3) is 10.9 Å². The SMILES string of the molecule is O=C(Nc1ccc(O)c(F)c1)c1cccc2ncccc12. The molecule has 0 saturated carbocycles. The predicted molar refractivity (Wildman–Crippen MR) is 77.8 cm³/mol. The molecule has 2 N–H and O–H groups in total. The molecule has 0 bridgehead atoms. The van der Waals surface area contributed by atoms with Crippen molar-refractivity contribution in [2.75, 3.05) is 5.32 Å². The lowest BCUT2D eigenvalue weighted by Crippen LogP contribution is -2.12. The normalized spacial score (nSPS) is 10.5. The molecule has 0 spiro atoms. The Morgan fingerprint density at radius 3 is 2.81 bits per heavy atom. The van der Waals surface area contributed by atoms with Crippen LogP contribution in [0.5, 0.6) is 5.75 Å². The van der Waals surface area contributed by atoms with Gasteiger partial charge in [0.2, 0.25) is 0 Å². The second kappa shape index (κ2) is 5.20. The molecule has 0 fully saturated rings. The van der Waals surface area contributed by atoms with Crippen molar-refractivity contribution in [1.82, 2.24) is 4.98 Å². The third-order valence-corrected chi connectivity index (χ3v) is 3.10. The van der Waals surface area contributed by atoms with Gasteiger partial charge in [-0.05, 0) is 30.3 Å². The molecule has 3 rings (SSSR count). The number of aromatic hydroxyl groups is 1. The number of rotatable bonds is 2. The maximum absolute atomic E-state index is 13.3. The quantitative estimate of drug-likeness (QED) is 0.709. The van der Waals surface area contributed by atoms with Gasteiger partial charge in [-0.1, -0.05) is 12.1 Å². The molecule has 4 nitrogen and oxygen atoms in total. The largest absolute Gasteiger partial charge is 0.505 e. The third kappa shape index (κ3) is 2.53. The van der Waals surface area contributed by atoms with Crippen molar-refractivity contribution < 1.29 is 14.3 Å². The summed E-state index contributed by atoms with van der Waals surface area (Å²) in [4.78, 5) is 16.5. The zero-order chi connectivity index (χ0) is 14.8. The van der Waals surface area contributed by atoms with Gasteiger partial charge in [-0.2, -0.15) is 0 Å². The van der Waals surface area contributed by atoms with E-state index < -0.39 is 11.6 Å². The number of halogens is 1. The second-order valence-electron chi connectivity index (χ2n) is 4.50. The smallest absolute Gasteiger partial charge is 0.256 e. The molecule has 0 aliphatic rings. The predicted octanol–water partition coefficient (Wildman–Crippen LogP) is 3.33. The van der Waals surface area contributed by atoms with Gasteiger partial charge in [0.1, 0.15) is 0 Å². The highest BCUT2D eigenvalue weighted by Crippen LogP contribution is 2.21. The number of carbonyl (C=O) groups excluding carboxylic acids is 1. The van der Waals surface area contributed by atoms with Crippen molar-refractivity contribution in [2.24, 2.45) is 0 Å². The number of phenols is 1. The van der Waals surface area contributed by atoms with Crippen molar-refractivity contribution in [3.05, 3.63) is 66.1 Å². The first kappa shape index (κ1) is 13.1. The van der Waals surface area contributed by atoms with Crippen LogP contribution in [0.4, 0.5) is 10.1 Å². The molecule has 1 amide bonds. The molecule has 3 aromatic rings. The topological polar surface area (TPSA) is 62.2 Å². The van der Waals surface area contributed by atoms with Crippen LogP contribution in [0.2, 0.25) is 0 Å². The molecule has 0 atom stereocenters. The zero-order valence-electron chi connectivity index (χ0n) is 10.9. The van der Waals surface area contributed by atoms with E-state index in [9.17, 15) is 9.18 Å². The summed E-state index contributed by atoms with van der Waals surface area (Å²) in [7, 11) is 0. The van der Waals surface area contributed by atoms with Gasteiger partial charge < -0.3 is 10.4 Å². The van der Waals surface area contributed by atoms with Crippen molar-refractivity contribution in [3.63, 3.8) is 0 Å². The number of benzene rings is 2. The van der Waals surface area contributed by atoms with E-state index in [4.69, 9.17) is 5.11 Å². The number of nitrogens with one attached hydrogen (secondary N) is 1. The Bertz CT molecular complexity index is 828. The maximum atomic E-state index is 13.3. The highest BCUT2D eigenvalue weighted by molar-refractivity contribution is 6.12. The molecule has 0 saturated heterocycles. The Kier molecular flexibility index (Phi) is 3.23. The molecule has 21 heavy (non-hydrogen) atoms. The fraction of sp³-hybridized carbons (Fsp3) is 0.